The molecule has 0 bridgehead atoms. The van der Waals surface area contributed by atoms with Crippen LogP contribution in [0.3, 0.4) is 0 Å². The molecule has 0 aromatic heterocycles. The largest absolute Gasteiger partial charge is 0.370 e. The molecule has 0 aliphatic carbocycles. The van der Waals surface area contributed by atoms with Crippen molar-refractivity contribution in [2.45, 2.75) is 19.8 Å². The third-order valence-electron chi connectivity index (χ3n) is 3.49. The summed E-state index contributed by atoms with van der Waals surface area (Å²) in [4.78, 5) is 24.7. The molecular formula is C16H23Cl2N3O4S. The molecule has 2 amide bonds. The van der Waals surface area contributed by atoms with E-state index in [0.717, 1.165) is 6.42 Å². The average molecular weight is 424 g/mol. The van der Waals surface area contributed by atoms with Crippen LogP contribution in [-0.4, -0.2) is 56.3 Å². The summed E-state index contributed by atoms with van der Waals surface area (Å²) >= 11 is 11.8. The van der Waals surface area contributed by atoms with Crippen LogP contribution in [0.4, 0.5) is 5.69 Å². The van der Waals surface area contributed by atoms with Crippen molar-refractivity contribution < 1.29 is 18.0 Å². The number of halogens is 2. The molecule has 0 fully saturated rings. The number of primary amides is 1. The van der Waals surface area contributed by atoms with Gasteiger partial charge in [0.15, 0.2) is 9.84 Å². The first-order valence-corrected chi connectivity index (χ1v) is 10.7. The number of hydrogen-bond acceptors (Lipinski definition) is 5. The van der Waals surface area contributed by atoms with Crippen LogP contribution in [0.15, 0.2) is 18.2 Å². The van der Waals surface area contributed by atoms with Gasteiger partial charge in [-0.2, -0.15) is 0 Å². The smallest absolute Gasteiger partial charge is 0.238 e. The topological polar surface area (TPSA) is 110 Å². The van der Waals surface area contributed by atoms with Gasteiger partial charge in [-0.25, -0.2) is 8.42 Å². The van der Waals surface area contributed by atoms with Crippen LogP contribution in [0.5, 0.6) is 0 Å². The van der Waals surface area contributed by atoms with E-state index in [0.29, 0.717) is 22.3 Å². The zero-order valence-electron chi connectivity index (χ0n) is 14.5. The number of sulfone groups is 1. The highest BCUT2D eigenvalue weighted by molar-refractivity contribution is 7.91. The van der Waals surface area contributed by atoms with Gasteiger partial charge in [-0.3, -0.25) is 14.5 Å². The van der Waals surface area contributed by atoms with Crippen molar-refractivity contribution >= 4 is 50.5 Å². The van der Waals surface area contributed by atoms with Crippen LogP contribution >= 0.6 is 23.2 Å². The Hall–Kier alpha value is -1.35. The zero-order chi connectivity index (χ0) is 19.7. The molecule has 1 aromatic rings. The Morgan fingerprint density at radius 2 is 1.88 bits per heavy atom. The molecule has 3 N–H and O–H groups in total. The molecule has 146 valence electrons. The molecule has 0 unspecified atom stereocenters. The number of nitrogens with two attached hydrogens (primary N) is 1. The van der Waals surface area contributed by atoms with Crippen LogP contribution in [0.2, 0.25) is 10.0 Å². The molecule has 10 heteroatoms. The highest BCUT2D eigenvalue weighted by Gasteiger charge is 2.17. The van der Waals surface area contributed by atoms with E-state index in [4.69, 9.17) is 28.9 Å². The monoisotopic (exact) mass is 423 g/mol. The molecule has 1 aromatic carbocycles. The Labute approximate surface area is 163 Å². The number of anilines is 1. The van der Waals surface area contributed by atoms with E-state index in [-0.39, 0.29) is 36.9 Å². The third-order valence-corrected chi connectivity index (χ3v) is 5.67. The Kier molecular flexibility index (Phi) is 9.35. The lowest BCUT2D eigenvalue weighted by Gasteiger charge is -2.21. The van der Waals surface area contributed by atoms with Crippen LogP contribution in [-0.2, 0) is 19.4 Å². The van der Waals surface area contributed by atoms with Gasteiger partial charge in [0.25, 0.3) is 0 Å². The van der Waals surface area contributed by atoms with Crippen LogP contribution in [0.1, 0.15) is 19.8 Å². The molecule has 0 radical (unpaired) electrons. The second kappa shape index (κ2) is 10.7. The summed E-state index contributed by atoms with van der Waals surface area (Å²) < 4.78 is 23.9. The predicted octanol–water partition coefficient (Wildman–Crippen LogP) is 1.93. The van der Waals surface area contributed by atoms with Crippen molar-refractivity contribution in [3.8, 4) is 0 Å². The summed E-state index contributed by atoms with van der Waals surface area (Å²) in [6.45, 7) is 2.71. The van der Waals surface area contributed by atoms with Gasteiger partial charge in [0.2, 0.25) is 11.8 Å². The highest BCUT2D eigenvalue weighted by atomic mass is 35.5. The maximum absolute atomic E-state index is 12.2. The summed E-state index contributed by atoms with van der Waals surface area (Å²) in [6, 6.07) is 4.73. The van der Waals surface area contributed by atoms with Gasteiger partial charge >= 0.3 is 0 Å². The summed E-state index contributed by atoms with van der Waals surface area (Å²) in [7, 11) is -3.41. The van der Waals surface area contributed by atoms with Crippen molar-refractivity contribution in [3.63, 3.8) is 0 Å². The molecule has 0 aliphatic heterocycles. The minimum absolute atomic E-state index is 0.0259. The maximum Gasteiger partial charge on any atom is 0.238 e. The molecule has 7 nitrogen and oxygen atoms in total. The van der Waals surface area contributed by atoms with Gasteiger partial charge < -0.3 is 11.1 Å². The first-order chi connectivity index (χ1) is 12.1. The van der Waals surface area contributed by atoms with Crippen molar-refractivity contribution in [2.24, 2.45) is 5.73 Å². The second-order valence-corrected chi connectivity index (χ2v) is 8.96. The van der Waals surface area contributed by atoms with E-state index in [1.165, 1.54) is 6.07 Å². The van der Waals surface area contributed by atoms with Gasteiger partial charge in [-0.15, -0.1) is 0 Å². The lowest BCUT2D eigenvalue weighted by molar-refractivity contribution is -0.118. The number of carbonyl (C=O) groups is 2. The zero-order valence-corrected chi connectivity index (χ0v) is 16.8. The van der Waals surface area contributed by atoms with Gasteiger partial charge in [0.1, 0.15) is 0 Å². The number of amides is 2. The van der Waals surface area contributed by atoms with Gasteiger partial charge in [0.05, 0.1) is 28.8 Å². The molecule has 0 aliphatic rings. The molecule has 0 saturated carbocycles. The van der Waals surface area contributed by atoms with E-state index in [1.807, 2.05) is 6.92 Å². The molecule has 0 saturated heterocycles. The standard InChI is InChI=1S/C16H23Cl2N3O4S/c1-2-6-21(7-9-26(24,25)8-5-15(19)22)11-16(23)20-14-4-3-12(17)10-13(14)18/h3-4,10H,2,5-9,11H2,1H3,(H2,19,22)(H,20,23). The molecular weight excluding hydrogens is 401 g/mol. The molecule has 0 spiro atoms. The van der Waals surface area contributed by atoms with Crippen molar-refractivity contribution in [3.05, 3.63) is 28.2 Å². The molecule has 0 heterocycles. The van der Waals surface area contributed by atoms with Crippen LogP contribution in [0.25, 0.3) is 0 Å². The first-order valence-electron chi connectivity index (χ1n) is 8.09. The second-order valence-electron chi connectivity index (χ2n) is 5.82. The van der Waals surface area contributed by atoms with E-state index >= 15 is 0 Å². The molecule has 1 rings (SSSR count). The van der Waals surface area contributed by atoms with Crippen molar-refractivity contribution in [1.82, 2.24) is 4.90 Å². The van der Waals surface area contributed by atoms with Gasteiger partial charge in [-0.05, 0) is 31.2 Å². The Bertz CT molecular complexity index is 741. The van der Waals surface area contributed by atoms with E-state index in [2.05, 4.69) is 5.32 Å². The summed E-state index contributed by atoms with van der Waals surface area (Å²) in [5.41, 5.74) is 5.41. The summed E-state index contributed by atoms with van der Waals surface area (Å²) in [6.07, 6.45) is 0.558. The number of benzene rings is 1. The fourth-order valence-corrected chi connectivity index (χ4v) is 3.90. The number of carbonyl (C=O) groups excluding carboxylic acids is 2. The number of rotatable bonds is 11. The van der Waals surface area contributed by atoms with Gasteiger partial charge in [0, 0.05) is 18.0 Å². The Balaban J connectivity index is 2.60. The lowest BCUT2D eigenvalue weighted by atomic mass is 10.3. The predicted molar refractivity (Wildman–Crippen MR) is 104 cm³/mol. The van der Waals surface area contributed by atoms with Crippen molar-refractivity contribution in [1.29, 1.82) is 0 Å². The van der Waals surface area contributed by atoms with Crippen LogP contribution < -0.4 is 11.1 Å². The quantitative estimate of drug-likeness (QED) is 0.564. The number of hydrogen-bond donors (Lipinski definition) is 2. The van der Waals surface area contributed by atoms with Crippen LogP contribution in [0, 0.1) is 0 Å². The minimum atomic E-state index is -3.41. The normalized spacial score (nSPS) is 11.5. The first kappa shape index (κ1) is 22.7. The van der Waals surface area contributed by atoms with E-state index in [9.17, 15) is 18.0 Å². The Morgan fingerprint density at radius 1 is 1.19 bits per heavy atom. The summed E-state index contributed by atoms with van der Waals surface area (Å²) in [5.74, 6) is -1.39. The SMILES string of the molecule is CCCN(CCS(=O)(=O)CCC(N)=O)CC(=O)Nc1ccc(Cl)cc1Cl. The molecule has 26 heavy (non-hydrogen) atoms. The summed E-state index contributed by atoms with van der Waals surface area (Å²) in [5, 5.41) is 3.46. The van der Waals surface area contributed by atoms with Gasteiger partial charge in [-0.1, -0.05) is 30.1 Å². The third kappa shape index (κ3) is 8.84. The molecule has 0 atom stereocenters. The fraction of sp³-hybridized carbons (Fsp3) is 0.500. The van der Waals surface area contributed by atoms with E-state index in [1.54, 1.807) is 17.0 Å². The number of nitrogens with one attached hydrogen (secondary N) is 1. The Morgan fingerprint density at radius 3 is 2.46 bits per heavy atom. The number of nitrogens with zero attached hydrogens (tertiary/aromatic N) is 1. The average Bonchev–Trinajstić information content (AvgIpc) is 2.54. The maximum atomic E-state index is 12.2. The van der Waals surface area contributed by atoms with E-state index < -0.39 is 15.7 Å². The highest BCUT2D eigenvalue weighted by Crippen LogP contribution is 2.25. The minimum Gasteiger partial charge on any atom is -0.370 e. The lowest BCUT2D eigenvalue weighted by Crippen LogP contribution is -2.37. The van der Waals surface area contributed by atoms with Crippen molar-refractivity contribution in [2.75, 3.05) is 36.5 Å². The fourth-order valence-electron chi connectivity index (χ4n) is 2.20.